The van der Waals surface area contributed by atoms with Crippen molar-refractivity contribution < 1.29 is 13.9 Å². The smallest absolute Gasteiger partial charge is 0.331 e. The van der Waals surface area contributed by atoms with Gasteiger partial charge in [0.15, 0.2) is 12.4 Å². The number of nitrogens with two attached hydrogens (primary N) is 1. The maximum absolute atomic E-state index is 11.9. The number of fused-ring (bicyclic) bond motifs is 3. The van der Waals surface area contributed by atoms with Gasteiger partial charge in [-0.1, -0.05) is 6.42 Å². The summed E-state index contributed by atoms with van der Waals surface area (Å²) in [5, 5.41) is 0.986. The number of ether oxygens (including phenoxy) is 1. The average Bonchev–Trinajstić information content (AvgIpc) is 3.14. The van der Waals surface area contributed by atoms with Crippen LogP contribution >= 0.6 is 11.3 Å². The lowest BCUT2D eigenvalue weighted by Gasteiger charge is -2.05. The summed E-state index contributed by atoms with van der Waals surface area (Å²) >= 11 is 1.69. The summed E-state index contributed by atoms with van der Waals surface area (Å²) in [5.41, 5.74) is 7.52. The Labute approximate surface area is 161 Å². The van der Waals surface area contributed by atoms with Gasteiger partial charge in [-0.2, -0.15) is 0 Å². The number of aryl methyl sites for hydroxylation is 3. The zero-order valence-corrected chi connectivity index (χ0v) is 16.0. The van der Waals surface area contributed by atoms with Crippen LogP contribution in [0.25, 0.3) is 16.3 Å². The van der Waals surface area contributed by atoms with Gasteiger partial charge in [-0.3, -0.25) is 0 Å². The molecule has 6 nitrogen and oxygen atoms in total. The molecule has 7 heteroatoms. The van der Waals surface area contributed by atoms with E-state index in [1.165, 1.54) is 35.8 Å². The van der Waals surface area contributed by atoms with E-state index in [9.17, 15) is 4.79 Å². The summed E-state index contributed by atoms with van der Waals surface area (Å²) in [4.78, 5) is 23.1. The van der Waals surface area contributed by atoms with Crippen LogP contribution in [-0.2, 0) is 29.0 Å². The molecule has 0 aliphatic heterocycles. The van der Waals surface area contributed by atoms with E-state index in [4.69, 9.17) is 14.9 Å². The first-order valence-corrected chi connectivity index (χ1v) is 9.90. The number of thiophene rings is 1. The van der Waals surface area contributed by atoms with Crippen LogP contribution in [0, 0.1) is 6.92 Å². The number of carbonyl (C=O) groups is 1. The molecule has 0 fully saturated rings. The number of anilines is 1. The third kappa shape index (κ3) is 3.88. The van der Waals surface area contributed by atoms with Crippen LogP contribution in [0.5, 0.6) is 0 Å². The number of nitrogens with zero attached hydrogens (tertiary/aromatic N) is 2. The Bertz CT molecular complexity index is 1020. The zero-order valence-electron chi connectivity index (χ0n) is 15.2. The van der Waals surface area contributed by atoms with Crippen molar-refractivity contribution >= 4 is 39.4 Å². The molecule has 0 spiro atoms. The molecule has 2 N–H and O–H groups in total. The van der Waals surface area contributed by atoms with E-state index in [1.54, 1.807) is 23.5 Å². The van der Waals surface area contributed by atoms with E-state index in [2.05, 4.69) is 9.97 Å². The van der Waals surface area contributed by atoms with Crippen LogP contribution in [-0.4, -0.2) is 15.9 Å². The largest absolute Gasteiger partial charge is 0.462 e. The van der Waals surface area contributed by atoms with E-state index in [-0.39, 0.29) is 6.61 Å². The summed E-state index contributed by atoms with van der Waals surface area (Å²) < 4.78 is 10.6. The van der Waals surface area contributed by atoms with Gasteiger partial charge in [0.25, 0.3) is 0 Å². The van der Waals surface area contributed by atoms with Crippen molar-refractivity contribution in [3.05, 3.63) is 46.0 Å². The normalized spacial score (nSPS) is 14.4. The van der Waals surface area contributed by atoms with Crippen molar-refractivity contribution in [1.82, 2.24) is 9.97 Å². The van der Waals surface area contributed by atoms with Crippen LogP contribution in [0.2, 0.25) is 0 Å². The highest BCUT2D eigenvalue weighted by Gasteiger charge is 2.19. The summed E-state index contributed by atoms with van der Waals surface area (Å²) in [7, 11) is 0. The van der Waals surface area contributed by atoms with Crippen LogP contribution in [0.4, 0.5) is 5.82 Å². The Kier molecular flexibility index (Phi) is 4.94. The molecule has 3 aromatic heterocycles. The SMILES string of the molecule is Cc1ccc(/C=C/C(=O)OCc2nc(N)c3c4c(sc3n2)CCCCC4)o1. The Morgan fingerprint density at radius 1 is 1.30 bits per heavy atom. The lowest BCUT2D eigenvalue weighted by atomic mass is 10.1. The van der Waals surface area contributed by atoms with Crippen LogP contribution in [0.15, 0.2) is 22.6 Å². The molecule has 0 atom stereocenters. The van der Waals surface area contributed by atoms with E-state index in [0.717, 1.165) is 28.8 Å². The van der Waals surface area contributed by atoms with Crippen molar-refractivity contribution in [3.8, 4) is 0 Å². The van der Waals surface area contributed by atoms with Crippen LogP contribution in [0.1, 0.15) is 47.0 Å². The van der Waals surface area contributed by atoms with E-state index >= 15 is 0 Å². The fraction of sp³-hybridized carbons (Fsp3) is 0.350. The van der Waals surface area contributed by atoms with Gasteiger partial charge in [0.05, 0.1) is 5.39 Å². The van der Waals surface area contributed by atoms with E-state index in [1.807, 2.05) is 13.0 Å². The fourth-order valence-electron chi connectivity index (χ4n) is 3.35. The number of hydrogen-bond donors (Lipinski definition) is 1. The van der Waals surface area contributed by atoms with Crippen molar-refractivity contribution in [3.63, 3.8) is 0 Å². The number of aromatic nitrogens is 2. The second-order valence-corrected chi connectivity index (χ2v) is 7.74. The molecule has 3 aromatic rings. The molecule has 140 valence electrons. The van der Waals surface area contributed by atoms with Crippen LogP contribution < -0.4 is 5.73 Å². The minimum absolute atomic E-state index is 0.0109. The molecule has 0 radical (unpaired) electrons. The van der Waals surface area contributed by atoms with E-state index < -0.39 is 5.97 Å². The third-order valence-corrected chi connectivity index (χ3v) is 5.81. The molecule has 27 heavy (non-hydrogen) atoms. The Hall–Kier alpha value is -2.67. The zero-order chi connectivity index (χ0) is 18.8. The van der Waals surface area contributed by atoms with Gasteiger partial charge in [-0.25, -0.2) is 14.8 Å². The molecule has 1 aliphatic carbocycles. The maximum Gasteiger partial charge on any atom is 0.331 e. The number of carbonyl (C=O) groups excluding carboxylic acids is 1. The lowest BCUT2D eigenvalue weighted by molar-refractivity contribution is -0.139. The van der Waals surface area contributed by atoms with Crippen molar-refractivity contribution in [2.45, 2.75) is 45.6 Å². The standard InChI is InChI=1S/C20H21N3O3S/c1-12-7-8-13(26-12)9-10-17(24)25-11-16-22-19(21)18-14-5-3-2-4-6-15(14)27-20(18)23-16/h7-10H,2-6,11H2,1H3,(H2,21,22,23)/b10-9+. The van der Waals surface area contributed by atoms with Crippen LogP contribution in [0.3, 0.4) is 0 Å². The molecule has 0 bridgehead atoms. The monoisotopic (exact) mass is 383 g/mol. The van der Waals surface area contributed by atoms with Gasteiger partial charge in [0.1, 0.15) is 22.2 Å². The van der Waals surface area contributed by atoms with Crippen molar-refractivity contribution in [2.75, 3.05) is 5.73 Å². The second kappa shape index (κ2) is 7.52. The lowest BCUT2D eigenvalue weighted by Crippen LogP contribution is -2.06. The van der Waals surface area contributed by atoms with Gasteiger partial charge >= 0.3 is 5.97 Å². The second-order valence-electron chi connectivity index (χ2n) is 6.66. The highest BCUT2D eigenvalue weighted by molar-refractivity contribution is 7.19. The molecule has 4 rings (SSSR count). The first-order chi connectivity index (χ1) is 13.1. The Morgan fingerprint density at radius 2 is 2.15 bits per heavy atom. The van der Waals surface area contributed by atoms with Crippen molar-refractivity contribution in [1.29, 1.82) is 0 Å². The summed E-state index contributed by atoms with van der Waals surface area (Å²) in [6, 6.07) is 3.62. The maximum atomic E-state index is 11.9. The number of furan rings is 1. The fourth-order valence-corrected chi connectivity index (χ4v) is 4.64. The molecule has 0 saturated carbocycles. The Balaban J connectivity index is 1.47. The molecule has 0 saturated heterocycles. The number of nitrogen functional groups attached to an aromatic ring is 1. The molecule has 0 aromatic carbocycles. The minimum Gasteiger partial charge on any atom is -0.462 e. The summed E-state index contributed by atoms with van der Waals surface area (Å²) in [6.07, 6.45) is 8.66. The quantitative estimate of drug-likeness (QED) is 0.412. The molecule has 3 heterocycles. The van der Waals surface area contributed by atoms with Crippen molar-refractivity contribution in [2.24, 2.45) is 0 Å². The number of hydrogen-bond acceptors (Lipinski definition) is 7. The van der Waals surface area contributed by atoms with Gasteiger partial charge < -0.3 is 14.9 Å². The molecule has 0 amide bonds. The highest BCUT2D eigenvalue weighted by atomic mass is 32.1. The van der Waals surface area contributed by atoms with Gasteiger partial charge in [-0.15, -0.1) is 11.3 Å². The predicted octanol–water partition coefficient (Wildman–Crippen LogP) is 4.20. The van der Waals surface area contributed by atoms with E-state index in [0.29, 0.717) is 17.4 Å². The first kappa shape index (κ1) is 17.7. The summed E-state index contributed by atoms with van der Waals surface area (Å²) in [6.45, 7) is 1.83. The first-order valence-electron chi connectivity index (χ1n) is 9.08. The molecular formula is C20H21N3O3S. The predicted molar refractivity (Wildman–Crippen MR) is 105 cm³/mol. The molecule has 0 unspecified atom stereocenters. The van der Waals surface area contributed by atoms with Gasteiger partial charge in [-0.05, 0) is 56.4 Å². The Morgan fingerprint density at radius 3 is 2.96 bits per heavy atom. The van der Waals surface area contributed by atoms with Gasteiger partial charge in [0, 0.05) is 11.0 Å². The molecular weight excluding hydrogens is 362 g/mol. The number of esters is 1. The topological polar surface area (TPSA) is 91.2 Å². The summed E-state index contributed by atoms with van der Waals surface area (Å²) in [5.74, 6) is 1.81. The molecule has 1 aliphatic rings. The van der Waals surface area contributed by atoms with Gasteiger partial charge in [0.2, 0.25) is 0 Å². The average molecular weight is 383 g/mol. The highest BCUT2D eigenvalue weighted by Crippen LogP contribution is 2.37. The third-order valence-electron chi connectivity index (χ3n) is 4.63. The minimum atomic E-state index is -0.478. The number of rotatable bonds is 4.